The molecule has 1 aliphatic rings. The van der Waals surface area contributed by atoms with E-state index in [1.165, 1.54) is 0 Å². The normalized spacial score (nSPS) is 15.8. The number of tetrazole rings is 1. The first-order valence-electron chi connectivity index (χ1n) is 9.89. The van der Waals surface area contributed by atoms with Crippen molar-refractivity contribution in [3.05, 3.63) is 30.1 Å². The quantitative estimate of drug-likeness (QED) is 0.750. The number of amides is 3. The summed E-state index contributed by atoms with van der Waals surface area (Å²) in [5, 5.41) is 17.4. The smallest absolute Gasteiger partial charge is 0.321 e. The zero-order valence-corrected chi connectivity index (χ0v) is 17.1. The van der Waals surface area contributed by atoms with E-state index in [1.807, 2.05) is 45.0 Å². The van der Waals surface area contributed by atoms with Crippen LogP contribution in [0, 0.1) is 6.92 Å². The Balaban J connectivity index is 1.50. The lowest BCUT2D eigenvalue weighted by atomic mass is 10.2. The maximum absolute atomic E-state index is 12.6. The average molecular weight is 400 g/mol. The highest BCUT2D eigenvalue weighted by molar-refractivity contribution is 5.89. The molecule has 2 heterocycles. The summed E-state index contributed by atoms with van der Waals surface area (Å²) in [6.45, 7) is 8.72. The van der Waals surface area contributed by atoms with E-state index in [4.69, 9.17) is 0 Å². The lowest BCUT2D eigenvalue weighted by Gasteiger charge is -2.34. The van der Waals surface area contributed by atoms with Gasteiger partial charge in [-0.25, -0.2) is 4.79 Å². The number of aromatic nitrogens is 4. The molecule has 29 heavy (non-hydrogen) atoms. The molecule has 0 radical (unpaired) electrons. The number of anilines is 1. The average Bonchev–Trinajstić information content (AvgIpc) is 3.14. The standard InChI is InChI=1S/C19H28N8O2/c1-4-14(2)20-18(28)13-25-8-10-26(11-9-25)19(29)21-16-6-5-7-17(12-16)27-15(3)22-23-24-27/h5-7,12,14H,4,8-11,13H2,1-3H3,(H,20,28)(H,21,29). The van der Waals surface area contributed by atoms with E-state index in [0.29, 0.717) is 44.2 Å². The number of carbonyl (C=O) groups excluding carboxylic acids is 2. The van der Waals surface area contributed by atoms with Crippen LogP contribution in [0.4, 0.5) is 10.5 Å². The fourth-order valence-electron chi connectivity index (χ4n) is 3.12. The molecule has 0 aliphatic carbocycles. The molecule has 10 heteroatoms. The van der Waals surface area contributed by atoms with Crippen molar-refractivity contribution in [1.82, 2.24) is 35.3 Å². The van der Waals surface area contributed by atoms with Gasteiger partial charge in [-0.3, -0.25) is 9.69 Å². The van der Waals surface area contributed by atoms with Crippen LogP contribution >= 0.6 is 0 Å². The van der Waals surface area contributed by atoms with Gasteiger partial charge in [-0.05, 0) is 48.9 Å². The van der Waals surface area contributed by atoms with E-state index in [9.17, 15) is 9.59 Å². The van der Waals surface area contributed by atoms with Crippen molar-refractivity contribution in [2.45, 2.75) is 33.2 Å². The zero-order valence-electron chi connectivity index (χ0n) is 17.1. The second-order valence-corrected chi connectivity index (χ2v) is 7.26. The summed E-state index contributed by atoms with van der Waals surface area (Å²) >= 11 is 0. The van der Waals surface area contributed by atoms with Crippen molar-refractivity contribution in [2.24, 2.45) is 0 Å². The van der Waals surface area contributed by atoms with Crippen LogP contribution in [0.25, 0.3) is 5.69 Å². The molecular weight excluding hydrogens is 372 g/mol. The number of hydrogen-bond acceptors (Lipinski definition) is 6. The topological polar surface area (TPSA) is 108 Å². The van der Waals surface area contributed by atoms with Crippen LogP contribution < -0.4 is 10.6 Å². The van der Waals surface area contributed by atoms with Crippen LogP contribution in [0.1, 0.15) is 26.1 Å². The predicted molar refractivity (Wildman–Crippen MR) is 109 cm³/mol. The van der Waals surface area contributed by atoms with Gasteiger partial charge in [0.15, 0.2) is 5.82 Å². The van der Waals surface area contributed by atoms with E-state index in [1.54, 1.807) is 9.58 Å². The van der Waals surface area contributed by atoms with Crippen LogP contribution in [0.3, 0.4) is 0 Å². The van der Waals surface area contributed by atoms with Gasteiger partial charge in [-0.2, -0.15) is 4.68 Å². The Labute approximate surface area is 170 Å². The summed E-state index contributed by atoms with van der Waals surface area (Å²) in [5.41, 5.74) is 1.46. The van der Waals surface area contributed by atoms with E-state index in [0.717, 1.165) is 12.1 Å². The molecule has 0 saturated carbocycles. The highest BCUT2D eigenvalue weighted by Gasteiger charge is 2.23. The molecule has 3 amide bonds. The van der Waals surface area contributed by atoms with Crippen molar-refractivity contribution >= 4 is 17.6 Å². The number of urea groups is 1. The van der Waals surface area contributed by atoms with Crippen LogP contribution in [0.15, 0.2) is 24.3 Å². The highest BCUT2D eigenvalue weighted by Crippen LogP contribution is 2.15. The monoisotopic (exact) mass is 400 g/mol. The van der Waals surface area contributed by atoms with Gasteiger partial charge in [-0.15, -0.1) is 5.10 Å². The number of aryl methyl sites for hydroxylation is 1. The molecule has 1 aromatic heterocycles. The highest BCUT2D eigenvalue weighted by atomic mass is 16.2. The fourth-order valence-corrected chi connectivity index (χ4v) is 3.12. The van der Waals surface area contributed by atoms with Crippen molar-refractivity contribution in [3.63, 3.8) is 0 Å². The third kappa shape index (κ3) is 5.50. The zero-order chi connectivity index (χ0) is 20.8. The summed E-state index contributed by atoms with van der Waals surface area (Å²) in [5.74, 6) is 0.703. The summed E-state index contributed by atoms with van der Waals surface area (Å²) in [4.78, 5) is 28.5. The summed E-state index contributed by atoms with van der Waals surface area (Å²) in [6.07, 6.45) is 0.911. The molecule has 1 unspecified atom stereocenters. The SMILES string of the molecule is CCC(C)NC(=O)CN1CCN(C(=O)Nc2cccc(-n3nnnc3C)c2)CC1. The van der Waals surface area contributed by atoms with Crippen LogP contribution in [-0.4, -0.2) is 80.7 Å². The summed E-state index contributed by atoms with van der Waals surface area (Å²) in [7, 11) is 0. The van der Waals surface area contributed by atoms with Gasteiger partial charge >= 0.3 is 6.03 Å². The van der Waals surface area contributed by atoms with Gasteiger partial charge in [0.2, 0.25) is 5.91 Å². The number of nitrogens with zero attached hydrogens (tertiary/aromatic N) is 6. The van der Waals surface area contributed by atoms with Crippen LogP contribution in [-0.2, 0) is 4.79 Å². The van der Waals surface area contributed by atoms with E-state index in [2.05, 4.69) is 31.1 Å². The van der Waals surface area contributed by atoms with Crippen molar-refractivity contribution in [2.75, 3.05) is 38.0 Å². The van der Waals surface area contributed by atoms with E-state index < -0.39 is 0 Å². The molecule has 10 nitrogen and oxygen atoms in total. The minimum absolute atomic E-state index is 0.0342. The molecule has 1 fully saturated rings. The first-order valence-corrected chi connectivity index (χ1v) is 9.89. The molecule has 3 rings (SSSR count). The lowest BCUT2D eigenvalue weighted by Crippen LogP contribution is -2.52. The summed E-state index contributed by atoms with van der Waals surface area (Å²) < 4.78 is 1.61. The molecule has 1 saturated heterocycles. The summed E-state index contributed by atoms with van der Waals surface area (Å²) in [6, 6.07) is 7.41. The largest absolute Gasteiger partial charge is 0.353 e. The molecule has 1 aliphatic heterocycles. The Morgan fingerprint density at radius 2 is 1.97 bits per heavy atom. The minimum Gasteiger partial charge on any atom is -0.353 e. The molecule has 2 aromatic rings. The van der Waals surface area contributed by atoms with Gasteiger partial charge in [0.25, 0.3) is 0 Å². The molecular formula is C19H28N8O2. The van der Waals surface area contributed by atoms with E-state index >= 15 is 0 Å². The number of benzene rings is 1. The van der Waals surface area contributed by atoms with Gasteiger partial charge in [0.05, 0.1) is 12.2 Å². The molecule has 0 bridgehead atoms. The Bertz CT molecular complexity index is 844. The first-order chi connectivity index (χ1) is 14.0. The van der Waals surface area contributed by atoms with Crippen molar-refractivity contribution in [1.29, 1.82) is 0 Å². The van der Waals surface area contributed by atoms with Crippen molar-refractivity contribution in [3.8, 4) is 5.69 Å². The van der Waals surface area contributed by atoms with Gasteiger partial charge in [-0.1, -0.05) is 13.0 Å². The van der Waals surface area contributed by atoms with Crippen LogP contribution in [0.5, 0.6) is 0 Å². The Kier molecular flexibility index (Phi) is 6.76. The van der Waals surface area contributed by atoms with E-state index in [-0.39, 0.29) is 18.0 Å². The molecule has 1 aromatic carbocycles. The molecule has 2 N–H and O–H groups in total. The maximum Gasteiger partial charge on any atom is 0.321 e. The lowest BCUT2D eigenvalue weighted by molar-refractivity contribution is -0.123. The van der Waals surface area contributed by atoms with Crippen LogP contribution in [0.2, 0.25) is 0 Å². The molecule has 1 atom stereocenters. The number of hydrogen-bond donors (Lipinski definition) is 2. The second-order valence-electron chi connectivity index (χ2n) is 7.26. The number of rotatable bonds is 6. The Morgan fingerprint density at radius 1 is 1.21 bits per heavy atom. The minimum atomic E-state index is -0.153. The third-order valence-corrected chi connectivity index (χ3v) is 5.01. The number of nitrogens with one attached hydrogen (secondary N) is 2. The predicted octanol–water partition coefficient (Wildman–Crippen LogP) is 1.03. The van der Waals surface area contributed by atoms with Gasteiger partial charge < -0.3 is 15.5 Å². The number of piperazine rings is 1. The first kappa shape index (κ1) is 20.7. The molecule has 156 valence electrons. The van der Waals surface area contributed by atoms with Gasteiger partial charge in [0, 0.05) is 37.9 Å². The molecule has 0 spiro atoms. The second kappa shape index (κ2) is 9.46. The number of carbonyl (C=O) groups is 2. The van der Waals surface area contributed by atoms with Crippen molar-refractivity contribution < 1.29 is 9.59 Å². The Morgan fingerprint density at radius 3 is 2.62 bits per heavy atom. The van der Waals surface area contributed by atoms with Gasteiger partial charge in [0.1, 0.15) is 0 Å². The Hall–Kier alpha value is -3.01. The third-order valence-electron chi connectivity index (χ3n) is 5.01. The maximum atomic E-state index is 12.6. The fraction of sp³-hybridized carbons (Fsp3) is 0.526.